The molecule has 0 spiro atoms. The summed E-state index contributed by atoms with van der Waals surface area (Å²) in [4.78, 5) is 12.4. The van der Waals surface area contributed by atoms with Crippen molar-refractivity contribution in [3.8, 4) is 11.8 Å². The molecule has 31 heavy (non-hydrogen) atoms. The van der Waals surface area contributed by atoms with Gasteiger partial charge in [-0.1, -0.05) is 57.9 Å². The average Bonchev–Trinajstić information content (AvgIpc) is 2.76. The Morgan fingerprint density at radius 1 is 1.23 bits per heavy atom. The fraction of sp³-hybridized carbons (Fsp3) is 0.0833. The van der Waals surface area contributed by atoms with Crippen molar-refractivity contribution in [1.29, 1.82) is 5.26 Å². The van der Waals surface area contributed by atoms with Crippen LogP contribution in [0.2, 0.25) is 5.02 Å². The summed E-state index contributed by atoms with van der Waals surface area (Å²) in [5.74, 6) is -0.782. The number of amides is 1. The van der Waals surface area contributed by atoms with E-state index in [1.54, 1.807) is 18.2 Å². The Labute approximate surface area is 193 Å². The lowest BCUT2D eigenvalue weighted by atomic mass is 10.0. The molecular formula is C24H17BrClFN2O2. The standard InChI is InChI=1S/C24H17BrClFN2O2/c1-31-23-12-15(11-20(26)18(23)13-16-6-2-3-7-19(16)25)10-17(14-28)24(30)29-22-9-5-4-8-21(22)27/h2-12H,13H2,1H3,(H,29,30)/b17-10+. The minimum atomic E-state index is -0.722. The van der Waals surface area contributed by atoms with Gasteiger partial charge in [0.05, 0.1) is 12.8 Å². The van der Waals surface area contributed by atoms with E-state index in [2.05, 4.69) is 21.2 Å². The van der Waals surface area contributed by atoms with Crippen molar-refractivity contribution in [3.63, 3.8) is 0 Å². The summed E-state index contributed by atoms with van der Waals surface area (Å²) in [6, 6.07) is 18.7. The lowest BCUT2D eigenvalue weighted by Gasteiger charge is -2.13. The van der Waals surface area contributed by atoms with Crippen LogP contribution < -0.4 is 10.1 Å². The molecule has 4 nitrogen and oxygen atoms in total. The summed E-state index contributed by atoms with van der Waals surface area (Å²) in [6.07, 6.45) is 1.92. The van der Waals surface area contributed by atoms with Gasteiger partial charge in [-0.15, -0.1) is 0 Å². The second-order valence-electron chi connectivity index (χ2n) is 6.56. The lowest BCUT2D eigenvalue weighted by molar-refractivity contribution is -0.112. The first-order chi connectivity index (χ1) is 14.9. The largest absolute Gasteiger partial charge is 0.496 e. The van der Waals surface area contributed by atoms with Crippen LogP contribution >= 0.6 is 27.5 Å². The molecule has 0 fully saturated rings. The van der Waals surface area contributed by atoms with Gasteiger partial charge in [-0.3, -0.25) is 4.79 Å². The third-order valence-electron chi connectivity index (χ3n) is 4.52. The Morgan fingerprint density at radius 3 is 2.61 bits per heavy atom. The zero-order chi connectivity index (χ0) is 22.4. The molecule has 3 aromatic carbocycles. The van der Waals surface area contributed by atoms with E-state index in [-0.39, 0.29) is 11.3 Å². The Bertz CT molecular complexity index is 1200. The van der Waals surface area contributed by atoms with E-state index >= 15 is 0 Å². The number of hydrogen-bond donors (Lipinski definition) is 1. The quantitative estimate of drug-likeness (QED) is 0.316. The van der Waals surface area contributed by atoms with E-state index in [9.17, 15) is 14.4 Å². The number of nitrogens with zero attached hydrogens (tertiary/aromatic N) is 1. The molecule has 3 aromatic rings. The first kappa shape index (κ1) is 22.5. The van der Waals surface area contributed by atoms with Gasteiger partial charge in [0.25, 0.3) is 5.91 Å². The van der Waals surface area contributed by atoms with Gasteiger partial charge >= 0.3 is 0 Å². The summed E-state index contributed by atoms with van der Waals surface area (Å²) in [6.45, 7) is 0. The van der Waals surface area contributed by atoms with Crippen LogP contribution in [0.4, 0.5) is 10.1 Å². The molecule has 1 N–H and O–H groups in total. The van der Waals surface area contributed by atoms with E-state index in [1.165, 1.54) is 31.4 Å². The number of carbonyl (C=O) groups is 1. The topological polar surface area (TPSA) is 62.1 Å². The van der Waals surface area contributed by atoms with Crippen molar-refractivity contribution in [2.45, 2.75) is 6.42 Å². The fourth-order valence-corrected chi connectivity index (χ4v) is 3.68. The van der Waals surface area contributed by atoms with Crippen LogP contribution in [-0.2, 0) is 11.2 Å². The van der Waals surface area contributed by atoms with Crippen molar-refractivity contribution in [2.24, 2.45) is 0 Å². The van der Waals surface area contributed by atoms with Crippen LogP contribution in [0.1, 0.15) is 16.7 Å². The van der Waals surface area contributed by atoms with Crippen LogP contribution in [0.15, 0.2) is 70.7 Å². The number of methoxy groups -OCH3 is 1. The Balaban J connectivity index is 1.91. The molecule has 0 saturated heterocycles. The molecule has 0 aliphatic carbocycles. The summed E-state index contributed by atoms with van der Waals surface area (Å²) >= 11 is 10.0. The number of nitriles is 1. The Hall–Kier alpha value is -3.14. The highest BCUT2D eigenvalue weighted by atomic mass is 79.9. The predicted molar refractivity (Wildman–Crippen MR) is 124 cm³/mol. The first-order valence-electron chi connectivity index (χ1n) is 9.20. The molecule has 0 aliphatic rings. The minimum absolute atomic E-state index is 0.00644. The fourth-order valence-electron chi connectivity index (χ4n) is 2.97. The van der Waals surface area contributed by atoms with E-state index in [4.69, 9.17) is 16.3 Å². The summed E-state index contributed by atoms with van der Waals surface area (Å²) < 4.78 is 20.2. The van der Waals surface area contributed by atoms with Gasteiger partial charge in [0.1, 0.15) is 23.2 Å². The van der Waals surface area contributed by atoms with Crippen molar-refractivity contribution in [3.05, 3.63) is 98.2 Å². The van der Waals surface area contributed by atoms with Crippen LogP contribution in [0.3, 0.4) is 0 Å². The van der Waals surface area contributed by atoms with Crippen molar-refractivity contribution >= 4 is 45.2 Å². The van der Waals surface area contributed by atoms with E-state index < -0.39 is 11.7 Å². The molecule has 0 aliphatic heterocycles. The molecule has 7 heteroatoms. The van der Waals surface area contributed by atoms with Gasteiger partial charge in [-0.2, -0.15) is 5.26 Å². The number of anilines is 1. The summed E-state index contributed by atoms with van der Waals surface area (Å²) in [5.41, 5.74) is 2.13. The number of halogens is 3. The van der Waals surface area contributed by atoms with Gasteiger partial charge in [0.15, 0.2) is 0 Å². The lowest BCUT2D eigenvalue weighted by Crippen LogP contribution is -2.14. The second-order valence-corrected chi connectivity index (χ2v) is 7.82. The van der Waals surface area contributed by atoms with E-state index in [0.29, 0.717) is 22.8 Å². The Kier molecular flexibility index (Phi) is 7.45. The molecule has 0 saturated carbocycles. The molecule has 0 unspecified atom stereocenters. The molecule has 156 valence electrons. The molecule has 0 atom stereocenters. The molecule has 0 bridgehead atoms. The molecule has 0 heterocycles. The van der Waals surface area contributed by atoms with Crippen LogP contribution in [0.5, 0.6) is 5.75 Å². The SMILES string of the molecule is COc1cc(/C=C(\C#N)C(=O)Nc2ccccc2F)cc(Cl)c1Cc1ccccc1Br. The third kappa shape index (κ3) is 5.52. The highest BCUT2D eigenvalue weighted by Gasteiger charge is 2.15. The second kappa shape index (κ2) is 10.3. The third-order valence-corrected chi connectivity index (χ3v) is 5.63. The van der Waals surface area contributed by atoms with Crippen molar-refractivity contribution in [1.82, 2.24) is 0 Å². The highest BCUT2D eigenvalue weighted by molar-refractivity contribution is 9.10. The number of ether oxygens (including phenoxy) is 1. The average molecular weight is 500 g/mol. The highest BCUT2D eigenvalue weighted by Crippen LogP contribution is 2.33. The van der Waals surface area contributed by atoms with Crippen LogP contribution in [-0.4, -0.2) is 13.0 Å². The number of rotatable bonds is 6. The molecule has 0 radical (unpaired) electrons. The summed E-state index contributed by atoms with van der Waals surface area (Å²) in [5, 5.41) is 12.3. The van der Waals surface area contributed by atoms with Gasteiger partial charge in [-0.05, 0) is 47.5 Å². The number of benzene rings is 3. The number of hydrogen-bond acceptors (Lipinski definition) is 3. The predicted octanol–water partition coefficient (Wildman–Crippen LogP) is 6.39. The maximum Gasteiger partial charge on any atom is 0.266 e. The molecule has 0 aromatic heterocycles. The zero-order valence-electron chi connectivity index (χ0n) is 16.5. The van der Waals surface area contributed by atoms with Gasteiger partial charge in [0, 0.05) is 21.5 Å². The van der Waals surface area contributed by atoms with Crippen molar-refractivity contribution < 1.29 is 13.9 Å². The summed E-state index contributed by atoms with van der Waals surface area (Å²) in [7, 11) is 1.53. The Morgan fingerprint density at radius 2 is 1.94 bits per heavy atom. The number of nitrogens with one attached hydrogen (secondary N) is 1. The molecule has 1 amide bonds. The van der Waals surface area contributed by atoms with Crippen molar-refractivity contribution in [2.75, 3.05) is 12.4 Å². The smallest absolute Gasteiger partial charge is 0.266 e. The van der Waals surface area contributed by atoms with Gasteiger partial charge < -0.3 is 10.1 Å². The maximum atomic E-state index is 13.8. The monoisotopic (exact) mass is 498 g/mol. The number of para-hydroxylation sites is 1. The van der Waals surface area contributed by atoms with Gasteiger partial charge in [-0.25, -0.2) is 4.39 Å². The minimum Gasteiger partial charge on any atom is -0.496 e. The van der Waals surface area contributed by atoms with E-state index in [1.807, 2.05) is 30.3 Å². The number of carbonyl (C=O) groups excluding carboxylic acids is 1. The van der Waals surface area contributed by atoms with E-state index in [0.717, 1.165) is 15.6 Å². The maximum absolute atomic E-state index is 13.8. The molecule has 3 rings (SSSR count). The normalized spacial score (nSPS) is 11.0. The first-order valence-corrected chi connectivity index (χ1v) is 10.4. The zero-order valence-corrected chi connectivity index (χ0v) is 18.8. The van der Waals surface area contributed by atoms with Gasteiger partial charge in [0.2, 0.25) is 0 Å². The molecular weight excluding hydrogens is 483 g/mol. The van der Waals surface area contributed by atoms with Crippen LogP contribution in [0, 0.1) is 17.1 Å². The van der Waals surface area contributed by atoms with Crippen LogP contribution in [0.25, 0.3) is 6.08 Å².